The highest BCUT2D eigenvalue weighted by Crippen LogP contribution is 2.25. The predicted molar refractivity (Wildman–Crippen MR) is 75.6 cm³/mol. The summed E-state index contributed by atoms with van der Waals surface area (Å²) in [5.74, 6) is -0.870. The third kappa shape index (κ3) is 3.30. The normalized spacial score (nSPS) is 10.3. The first-order chi connectivity index (χ1) is 8.54. The largest absolute Gasteiger partial charge is 0.481 e. The van der Waals surface area contributed by atoms with Crippen LogP contribution in [-0.2, 0) is 11.2 Å². The van der Waals surface area contributed by atoms with Crippen molar-refractivity contribution in [1.82, 2.24) is 4.98 Å². The fourth-order valence-corrected chi connectivity index (χ4v) is 2.50. The molecule has 2 rings (SSSR count). The molecule has 0 unspecified atom stereocenters. The van der Waals surface area contributed by atoms with Crippen molar-refractivity contribution < 1.29 is 9.90 Å². The van der Waals surface area contributed by atoms with Gasteiger partial charge in [0.15, 0.2) is 5.13 Å². The fraction of sp³-hybridized carbons (Fsp3) is 0.167. The summed E-state index contributed by atoms with van der Waals surface area (Å²) in [5, 5.41) is 14.3. The molecule has 0 fully saturated rings. The Morgan fingerprint density at radius 2 is 2.33 bits per heavy atom. The van der Waals surface area contributed by atoms with Gasteiger partial charge in [-0.05, 0) is 24.6 Å². The Morgan fingerprint density at radius 3 is 3.00 bits per heavy atom. The van der Waals surface area contributed by atoms with Crippen LogP contribution in [-0.4, -0.2) is 16.1 Å². The van der Waals surface area contributed by atoms with Crippen LogP contribution in [0.25, 0.3) is 0 Å². The molecule has 2 aromatic rings. The Bertz CT molecular complexity index is 583. The van der Waals surface area contributed by atoms with Gasteiger partial charge >= 0.3 is 5.97 Å². The zero-order chi connectivity index (χ0) is 13.1. The molecular formula is C12H11BrN2O2S. The van der Waals surface area contributed by atoms with Crippen LogP contribution in [0.15, 0.2) is 28.1 Å². The number of aliphatic carboxylic acids is 1. The minimum absolute atomic E-state index is 0.0459. The van der Waals surface area contributed by atoms with Crippen LogP contribution in [0.3, 0.4) is 0 Å². The molecule has 6 heteroatoms. The van der Waals surface area contributed by atoms with E-state index in [2.05, 4.69) is 26.2 Å². The van der Waals surface area contributed by atoms with Crippen molar-refractivity contribution in [3.63, 3.8) is 0 Å². The summed E-state index contributed by atoms with van der Waals surface area (Å²) >= 11 is 4.86. The minimum atomic E-state index is -0.870. The molecule has 0 aliphatic heterocycles. The molecule has 94 valence electrons. The van der Waals surface area contributed by atoms with Gasteiger partial charge in [-0.25, -0.2) is 4.98 Å². The van der Waals surface area contributed by atoms with Crippen LogP contribution in [0.5, 0.6) is 0 Å². The standard InChI is InChI=1S/C12H11BrN2O2S/c1-7-2-3-8(4-10(7)13)14-12-15-9(6-18-12)5-11(16)17/h2-4,6H,5H2,1H3,(H,14,15)(H,16,17). The van der Waals surface area contributed by atoms with Gasteiger partial charge in [0.1, 0.15) is 0 Å². The molecule has 0 aliphatic rings. The summed E-state index contributed by atoms with van der Waals surface area (Å²) in [7, 11) is 0. The van der Waals surface area contributed by atoms with E-state index in [9.17, 15) is 4.79 Å². The van der Waals surface area contributed by atoms with Gasteiger partial charge in [0.2, 0.25) is 0 Å². The molecular weight excluding hydrogens is 316 g/mol. The Hall–Kier alpha value is -1.40. The van der Waals surface area contributed by atoms with E-state index in [1.54, 1.807) is 5.38 Å². The van der Waals surface area contributed by atoms with Gasteiger partial charge in [-0.3, -0.25) is 4.79 Å². The highest BCUT2D eigenvalue weighted by atomic mass is 79.9. The van der Waals surface area contributed by atoms with Crippen molar-refractivity contribution in [1.29, 1.82) is 0 Å². The van der Waals surface area contributed by atoms with Crippen LogP contribution in [0.2, 0.25) is 0 Å². The lowest BCUT2D eigenvalue weighted by molar-refractivity contribution is -0.136. The number of anilines is 2. The summed E-state index contributed by atoms with van der Waals surface area (Å²) in [4.78, 5) is 14.8. The molecule has 0 amide bonds. The number of carbonyl (C=O) groups is 1. The monoisotopic (exact) mass is 326 g/mol. The molecule has 0 saturated carbocycles. The highest BCUT2D eigenvalue weighted by Gasteiger charge is 2.06. The number of benzene rings is 1. The third-order valence-electron chi connectivity index (χ3n) is 2.31. The lowest BCUT2D eigenvalue weighted by Gasteiger charge is -2.04. The molecule has 1 heterocycles. The number of hydrogen-bond acceptors (Lipinski definition) is 4. The molecule has 2 N–H and O–H groups in total. The second kappa shape index (κ2) is 5.49. The lowest BCUT2D eigenvalue weighted by Crippen LogP contribution is -2.00. The van der Waals surface area contributed by atoms with E-state index in [-0.39, 0.29) is 6.42 Å². The summed E-state index contributed by atoms with van der Waals surface area (Å²) < 4.78 is 1.02. The van der Waals surface area contributed by atoms with Crippen molar-refractivity contribution in [2.24, 2.45) is 0 Å². The molecule has 0 bridgehead atoms. The first-order valence-electron chi connectivity index (χ1n) is 5.24. The number of hydrogen-bond donors (Lipinski definition) is 2. The van der Waals surface area contributed by atoms with Crippen LogP contribution < -0.4 is 5.32 Å². The van der Waals surface area contributed by atoms with E-state index >= 15 is 0 Å². The third-order valence-corrected chi connectivity index (χ3v) is 3.97. The van der Waals surface area contributed by atoms with Crippen molar-refractivity contribution >= 4 is 44.1 Å². The van der Waals surface area contributed by atoms with Gasteiger partial charge in [0.25, 0.3) is 0 Å². The molecule has 18 heavy (non-hydrogen) atoms. The van der Waals surface area contributed by atoms with Gasteiger partial charge in [-0.2, -0.15) is 0 Å². The first kappa shape index (κ1) is 13.0. The minimum Gasteiger partial charge on any atom is -0.481 e. The van der Waals surface area contributed by atoms with E-state index in [0.29, 0.717) is 10.8 Å². The average molecular weight is 327 g/mol. The molecule has 4 nitrogen and oxygen atoms in total. The number of nitrogens with one attached hydrogen (secondary N) is 1. The number of carboxylic acid groups (broad SMARTS) is 1. The molecule has 1 aromatic heterocycles. The molecule has 0 atom stereocenters. The van der Waals surface area contributed by atoms with Crippen LogP contribution >= 0.6 is 27.3 Å². The second-order valence-corrected chi connectivity index (χ2v) is 5.52. The van der Waals surface area contributed by atoms with Crippen molar-refractivity contribution in [3.8, 4) is 0 Å². The zero-order valence-corrected chi connectivity index (χ0v) is 12.0. The van der Waals surface area contributed by atoms with E-state index in [1.807, 2.05) is 25.1 Å². The van der Waals surface area contributed by atoms with E-state index < -0.39 is 5.97 Å². The Balaban J connectivity index is 2.11. The van der Waals surface area contributed by atoms with E-state index in [4.69, 9.17) is 5.11 Å². The van der Waals surface area contributed by atoms with Crippen molar-refractivity contribution in [3.05, 3.63) is 39.3 Å². The maximum Gasteiger partial charge on any atom is 0.309 e. The maximum atomic E-state index is 10.6. The van der Waals surface area contributed by atoms with Crippen LogP contribution in [0.1, 0.15) is 11.3 Å². The van der Waals surface area contributed by atoms with Crippen molar-refractivity contribution in [2.75, 3.05) is 5.32 Å². The molecule has 0 spiro atoms. The number of carboxylic acids is 1. The summed E-state index contributed by atoms with van der Waals surface area (Å²) in [6.45, 7) is 2.02. The summed E-state index contributed by atoms with van der Waals surface area (Å²) in [5.41, 5.74) is 2.65. The summed E-state index contributed by atoms with van der Waals surface area (Å²) in [6, 6.07) is 5.92. The number of halogens is 1. The lowest BCUT2D eigenvalue weighted by atomic mass is 10.2. The van der Waals surface area contributed by atoms with Gasteiger partial charge in [-0.15, -0.1) is 11.3 Å². The van der Waals surface area contributed by atoms with Crippen molar-refractivity contribution in [2.45, 2.75) is 13.3 Å². The van der Waals surface area contributed by atoms with E-state index in [1.165, 1.54) is 11.3 Å². The predicted octanol–water partition coefficient (Wildman–Crippen LogP) is 3.58. The van der Waals surface area contributed by atoms with Gasteiger partial charge in [0, 0.05) is 15.5 Å². The molecule has 1 aromatic carbocycles. The molecule has 0 aliphatic carbocycles. The van der Waals surface area contributed by atoms with Gasteiger partial charge < -0.3 is 10.4 Å². The summed E-state index contributed by atoms with van der Waals surface area (Å²) in [6.07, 6.45) is -0.0459. The maximum absolute atomic E-state index is 10.6. The number of aromatic nitrogens is 1. The van der Waals surface area contributed by atoms with E-state index in [0.717, 1.165) is 15.7 Å². The van der Waals surface area contributed by atoms with Gasteiger partial charge in [0.05, 0.1) is 12.1 Å². The Kier molecular flexibility index (Phi) is 3.98. The van der Waals surface area contributed by atoms with Crippen LogP contribution in [0.4, 0.5) is 10.8 Å². The topological polar surface area (TPSA) is 62.2 Å². The Morgan fingerprint density at radius 1 is 1.56 bits per heavy atom. The zero-order valence-electron chi connectivity index (χ0n) is 9.61. The number of thiazole rings is 1. The molecule has 0 radical (unpaired) electrons. The molecule has 0 saturated heterocycles. The van der Waals surface area contributed by atoms with Gasteiger partial charge in [-0.1, -0.05) is 22.0 Å². The second-order valence-electron chi connectivity index (χ2n) is 3.80. The SMILES string of the molecule is Cc1ccc(Nc2nc(CC(=O)O)cs2)cc1Br. The average Bonchev–Trinajstić information content (AvgIpc) is 2.70. The highest BCUT2D eigenvalue weighted by molar-refractivity contribution is 9.10. The van der Waals surface area contributed by atoms with Crippen LogP contribution in [0, 0.1) is 6.92 Å². The fourth-order valence-electron chi connectivity index (χ4n) is 1.39. The number of nitrogens with zero attached hydrogens (tertiary/aromatic N) is 1. The first-order valence-corrected chi connectivity index (χ1v) is 6.91. The smallest absolute Gasteiger partial charge is 0.309 e. The number of aryl methyl sites for hydroxylation is 1. The quantitative estimate of drug-likeness (QED) is 0.901. The Labute approximate surface area is 117 Å². The number of rotatable bonds is 4.